The molecule has 0 aliphatic heterocycles. The van der Waals surface area contributed by atoms with Crippen molar-refractivity contribution in [2.45, 2.75) is 32.6 Å². The Morgan fingerprint density at radius 2 is 1.45 bits per heavy atom. The summed E-state index contributed by atoms with van der Waals surface area (Å²) in [5.74, 6) is -2.88. The van der Waals surface area contributed by atoms with Crippen molar-refractivity contribution in [3.63, 3.8) is 0 Å². The highest BCUT2D eigenvalue weighted by molar-refractivity contribution is 5.89. The largest absolute Gasteiger partial charge is 0.396 e. The highest BCUT2D eigenvalue weighted by atomic mass is 16.6. The lowest BCUT2D eigenvalue weighted by Crippen LogP contribution is -2.35. The lowest BCUT2D eigenvalue weighted by Gasteiger charge is -2.27. The zero-order valence-corrected chi connectivity index (χ0v) is 11.7. The Morgan fingerprint density at radius 3 is 1.80 bits per heavy atom. The molecule has 7 nitrogen and oxygen atoms in total. The van der Waals surface area contributed by atoms with E-state index in [1.54, 1.807) is 6.92 Å². The van der Waals surface area contributed by atoms with Gasteiger partial charge in [-0.1, -0.05) is 0 Å². The first-order chi connectivity index (χ1) is 9.45. The van der Waals surface area contributed by atoms with E-state index in [1.807, 2.05) is 0 Å². The zero-order chi connectivity index (χ0) is 15.6. The third-order valence-electron chi connectivity index (χ3n) is 3.23. The lowest BCUT2D eigenvalue weighted by molar-refractivity contribution is -0.171. The SMILES string of the molecule is CC(CCCO)(CCCO)C(=O)OC(=O)C(CO)CO. The van der Waals surface area contributed by atoms with Crippen LogP contribution in [0.25, 0.3) is 0 Å². The maximum Gasteiger partial charge on any atom is 0.321 e. The van der Waals surface area contributed by atoms with Gasteiger partial charge in [0.1, 0.15) is 5.92 Å². The van der Waals surface area contributed by atoms with Gasteiger partial charge in [0, 0.05) is 13.2 Å². The molecule has 0 atom stereocenters. The first kappa shape index (κ1) is 19.0. The second-order valence-corrected chi connectivity index (χ2v) is 4.99. The molecule has 4 N–H and O–H groups in total. The van der Waals surface area contributed by atoms with Gasteiger partial charge < -0.3 is 25.2 Å². The number of carbonyl (C=O) groups excluding carboxylic acids is 2. The van der Waals surface area contributed by atoms with Crippen molar-refractivity contribution in [2.24, 2.45) is 11.3 Å². The molecule has 0 bridgehead atoms. The highest BCUT2D eigenvalue weighted by Gasteiger charge is 2.36. The molecule has 7 heteroatoms. The predicted molar refractivity (Wildman–Crippen MR) is 69.5 cm³/mol. The van der Waals surface area contributed by atoms with Crippen LogP contribution in [-0.2, 0) is 14.3 Å². The van der Waals surface area contributed by atoms with Crippen LogP contribution in [0.15, 0.2) is 0 Å². The summed E-state index contributed by atoms with van der Waals surface area (Å²) in [6.07, 6.45) is 1.38. The van der Waals surface area contributed by atoms with E-state index in [1.165, 1.54) is 0 Å². The van der Waals surface area contributed by atoms with Gasteiger partial charge in [0.15, 0.2) is 0 Å². The standard InChI is InChI=1S/C13H24O7/c1-13(4-2-6-14,5-3-7-15)12(19)20-11(18)10(8-16)9-17/h10,14-17H,2-9H2,1H3. The number of rotatable bonds is 10. The third kappa shape index (κ3) is 5.96. The summed E-state index contributed by atoms with van der Waals surface area (Å²) in [4.78, 5) is 23.6. The van der Waals surface area contributed by atoms with Crippen molar-refractivity contribution in [3.8, 4) is 0 Å². The van der Waals surface area contributed by atoms with E-state index in [4.69, 9.17) is 25.2 Å². The quantitative estimate of drug-likeness (QED) is 0.307. The van der Waals surface area contributed by atoms with E-state index in [-0.39, 0.29) is 13.2 Å². The van der Waals surface area contributed by atoms with Crippen LogP contribution in [0.2, 0.25) is 0 Å². The third-order valence-corrected chi connectivity index (χ3v) is 3.23. The lowest BCUT2D eigenvalue weighted by atomic mass is 9.81. The Morgan fingerprint density at radius 1 is 1.00 bits per heavy atom. The van der Waals surface area contributed by atoms with Crippen LogP contribution in [0.3, 0.4) is 0 Å². The monoisotopic (exact) mass is 292 g/mol. The number of hydrogen-bond donors (Lipinski definition) is 4. The summed E-state index contributed by atoms with van der Waals surface area (Å²) in [6.45, 7) is 0.206. The molecule has 0 aliphatic rings. The van der Waals surface area contributed by atoms with Crippen molar-refractivity contribution in [3.05, 3.63) is 0 Å². The Labute approximate surface area is 118 Å². The van der Waals surface area contributed by atoms with Gasteiger partial charge in [0.25, 0.3) is 0 Å². The fourth-order valence-electron chi connectivity index (χ4n) is 1.77. The number of hydrogen-bond acceptors (Lipinski definition) is 7. The molecule has 0 aromatic heterocycles. The molecule has 0 fully saturated rings. The average molecular weight is 292 g/mol. The second kappa shape index (κ2) is 9.82. The molecule has 0 unspecified atom stereocenters. The Bertz CT molecular complexity index is 291. The normalized spacial score (nSPS) is 11.7. The smallest absolute Gasteiger partial charge is 0.321 e. The molecule has 0 aliphatic carbocycles. The van der Waals surface area contributed by atoms with Gasteiger partial charge in [-0.2, -0.15) is 0 Å². The molecule has 0 aromatic rings. The van der Waals surface area contributed by atoms with Crippen LogP contribution in [0.1, 0.15) is 32.6 Å². The average Bonchev–Trinajstić information content (AvgIpc) is 2.44. The molecule has 0 amide bonds. The van der Waals surface area contributed by atoms with Gasteiger partial charge in [-0.05, 0) is 32.6 Å². The molecule has 0 aromatic carbocycles. The molecule has 20 heavy (non-hydrogen) atoms. The van der Waals surface area contributed by atoms with Crippen LogP contribution in [0.4, 0.5) is 0 Å². The summed E-state index contributed by atoms with van der Waals surface area (Å²) in [5.41, 5.74) is -0.990. The first-order valence-electron chi connectivity index (χ1n) is 6.64. The van der Waals surface area contributed by atoms with Gasteiger partial charge in [-0.25, -0.2) is 0 Å². The van der Waals surface area contributed by atoms with E-state index in [0.717, 1.165) is 0 Å². The number of ether oxygens (including phenoxy) is 1. The molecule has 0 heterocycles. The fraction of sp³-hybridized carbons (Fsp3) is 0.846. The van der Waals surface area contributed by atoms with Crippen LogP contribution in [0, 0.1) is 11.3 Å². The molecular formula is C13H24O7. The van der Waals surface area contributed by atoms with Gasteiger partial charge in [-0.15, -0.1) is 0 Å². The summed E-state index contributed by atoms with van der Waals surface area (Å²) < 4.78 is 4.69. The van der Waals surface area contributed by atoms with E-state index in [0.29, 0.717) is 25.7 Å². The fourth-order valence-corrected chi connectivity index (χ4v) is 1.77. The minimum atomic E-state index is -1.14. The van der Waals surface area contributed by atoms with Crippen LogP contribution < -0.4 is 0 Å². The van der Waals surface area contributed by atoms with E-state index in [2.05, 4.69) is 0 Å². The van der Waals surface area contributed by atoms with Crippen molar-refractivity contribution in [1.82, 2.24) is 0 Å². The molecule has 0 saturated carbocycles. The van der Waals surface area contributed by atoms with Crippen molar-refractivity contribution < 1.29 is 34.8 Å². The minimum Gasteiger partial charge on any atom is -0.396 e. The maximum atomic E-state index is 12.1. The van der Waals surface area contributed by atoms with Crippen LogP contribution in [-0.4, -0.2) is 58.8 Å². The van der Waals surface area contributed by atoms with Gasteiger partial charge >= 0.3 is 11.9 Å². The Kier molecular flexibility index (Phi) is 9.32. The maximum absolute atomic E-state index is 12.1. The van der Waals surface area contributed by atoms with E-state index in [9.17, 15) is 9.59 Å². The van der Waals surface area contributed by atoms with E-state index >= 15 is 0 Å². The van der Waals surface area contributed by atoms with Crippen molar-refractivity contribution >= 4 is 11.9 Å². The predicted octanol–water partition coefficient (Wildman–Crippen LogP) is -0.792. The second-order valence-electron chi connectivity index (χ2n) is 4.99. The van der Waals surface area contributed by atoms with Crippen LogP contribution in [0.5, 0.6) is 0 Å². The Balaban J connectivity index is 4.72. The zero-order valence-electron chi connectivity index (χ0n) is 11.7. The van der Waals surface area contributed by atoms with Gasteiger partial charge in [0.05, 0.1) is 18.6 Å². The summed E-state index contributed by atoms with van der Waals surface area (Å²) in [6, 6.07) is 0. The first-order valence-corrected chi connectivity index (χ1v) is 6.64. The number of aliphatic hydroxyl groups excluding tert-OH is 4. The van der Waals surface area contributed by atoms with Crippen molar-refractivity contribution in [2.75, 3.05) is 26.4 Å². The minimum absolute atomic E-state index is 0.0914. The Hall–Kier alpha value is -1.02. The van der Waals surface area contributed by atoms with Gasteiger partial charge in [0.2, 0.25) is 0 Å². The highest BCUT2D eigenvalue weighted by Crippen LogP contribution is 2.31. The van der Waals surface area contributed by atoms with Crippen LogP contribution >= 0.6 is 0 Å². The summed E-state index contributed by atoms with van der Waals surface area (Å²) >= 11 is 0. The number of aliphatic hydroxyl groups is 4. The molecule has 0 rings (SSSR count). The molecule has 0 saturated heterocycles. The topological polar surface area (TPSA) is 124 Å². The molecule has 0 spiro atoms. The van der Waals surface area contributed by atoms with Gasteiger partial charge in [-0.3, -0.25) is 9.59 Å². The van der Waals surface area contributed by atoms with Crippen molar-refractivity contribution in [1.29, 1.82) is 0 Å². The van der Waals surface area contributed by atoms with E-state index < -0.39 is 36.5 Å². The molecular weight excluding hydrogens is 268 g/mol. The molecule has 118 valence electrons. The summed E-state index contributed by atoms with van der Waals surface area (Å²) in [5, 5.41) is 35.4. The molecule has 0 radical (unpaired) electrons. The number of carbonyl (C=O) groups is 2. The summed E-state index contributed by atoms with van der Waals surface area (Å²) in [7, 11) is 0. The number of esters is 2.